The molecule has 1 saturated heterocycles. The van der Waals surface area contributed by atoms with Crippen LogP contribution in [0.15, 0.2) is 61.2 Å². The van der Waals surface area contributed by atoms with E-state index < -0.39 is 31.4 Å². The van der Waals surface area contributed by atoms with Gasteiger partial charge in [-0.1, -0.05) is 30.8 Å². The molecule has 1 amide bonds. The molecule has 11 heteroatoms. The van der Waals surface area contributed by atoms with Gasteiger partial charge < -0.3 is 13.1 Å². The molecule has 1 heterocycles. The van der Waals surface area contributed by atoms with Gasteiger partial charge in [-0.25, -0.2) is 9.28 Å². The second kappa shape index (κ2) is 9.62. The fraction of sp³-hybridized carbons (Fsp3) is 0.400. The number of amides is 1. The molecule has 36 heavy (non-hydrogen) atoms. The van der Waals surface area contributed by atoms with Crippen LogP contribution in [0.25, 0.3) is 0 Å². The summed E-state index contributed by atoms with van der Waals surface area (Å²) in [6.07, 6.45) is 3.64. The highest BCUT2D eigenvalue weighted by Crippen LogP contribution is 2.44. The van der Waals surface area contributed by atoms with Crippen molar-refractivity contribution in [3.8, 4) is 11.5 Å². The van der Waals surface area contributed by atoms with Crippen molar-refractivity contribution in [2.45, 2.75) is 31.9 Å². The number of carbonyl (C=O) groups excluding carboxylic acids is 1. The number of ether oxygens (including phenoxy) is 1. The Bertz CT molecular complexity index is 1260. The minimum atomic E-state index is -3.71. The van der Waals surface area contributed by atoms with Gasteiger partial charge in [0.05, 0.1) is 18.1 Å². The van der Waals surface area contributed by atoms with Gasteiger partial charge in [-0.05, 0) is 62.2 Å². The Balaban J connectivity index is 2.19. The van der Waals surface area contributed by atoms with Gasteiger partial charge in [0.15, 0.2) is 12.2 Å². The topological polar surface area (TPSA) is 113 Å². The van der Waals surface area contributed by atoms with Gasteiger partial charge in [-0.2, -0.15) is 16.8 Å². The summed E-state index contributed by atoms with van der Waals surface area (Å²) in [5, 5.41) is 0. The first-order valence-corrected chi connectivity index (χ1v) is 14.8. The van der Waals surface area contributed by atoms with Crippen molar-refractivity contribution >= 4 is 26.1 Å². The molecule has 1 unspecified atom stereocenters. The van der Waals surface area contributed by atoms with Gasteiger partial charge in [0.1, 0.15) is 24.6 Å². The zero-order valence-electron chi connectivity index (χ0n) is 21.1. The number of quaternary nitrogens is 1. The van der Waals surface area contributed by atoms with E-state index in [9.17, 15) is 21.6 Å². The second-order valence-corrected chi connectivity index (χ2v) is 13.1. The lowest BCUT2D eigenvalue weighted by Gasteiger charge is -2.53. The van der Waals surface area contributed by atoms with Gasteiger partial charge in [0, 0.05) is 0 Å². The summed E-state index contributed by atoms with van der Waals surface area (Å²) < 4.78 is 62.6. The molecule has 0 aliphatic carbocycles. The quantitative estimate of drug-likeness (QED) is 0.286. The molecule has 1 atom stereocenters. The Morgan fingerprint density at radius 2 is 1.33 bits per heavy atom. The fourth-order valence-electron chi connectivity index (χ4n) is 4.52. The van der Waals surface area contributed by atoms with Crippen LogP contribution in [-0.2, 0) is 35.4 Å². The zero-order valence-corrected chi connectivity index (χ0v) is 22.7. The highest BCUT2D eigenvalue weighted by Gasteiger charge is 2.57. The Morgan fingerprint density at radius 1 is 0.917 bits per heavy atom. The van der Waals surface area contributed by atoms with Gasteiger partial charge in [0.25, 0.3) is 0 Å². The Hall–Kier alpha value is -2.73. The van der Waals surface area contributed by atoms with Crippen molar-refractivity contribution in [3.05, 3.63) is 72.3 Å². The predicted octanol–water partition coefficient (Wildman–Crippen LogP) is 2.97. The smallest absolute Gasteiger partial charge is 0.340 e. The zero-order chi connectivity index (χ0) is 27.0. The van der Waals surface area contributed by atoms with E-state index in [-0.39, 0.29) is 35.0 Å². The maximum absolute atomic E-state index is 13.4. The average Bonchev–Trinajstić information content (AvgIpc) is 2.74. The molecule has 1 fully saturated rings. The standard InChI is InChI=1S/C25H32NO8S2/c1-7-16-26(24(2,3)4)18-25(32-17-23(26)27,19-8-12-21(13-9-19)33-35(5,28)29)20-10-14-22(15-11-20)34-36(6,30)31/h7-15H,1,16-18H2,2-6H3/q+1. The molecule has 0 aromatic heterocycles. The normalized spacial score (nSPS) is 20.5. The van der Waals surface area contributed by atoms with Crippen molar-refractivity contribution in [1.82, 2.24) is 0 Å². The van der Waals surface area contributed by atoms with E-state index in [0.29, 0.717) is 17.7 Å². The van der Waals surface area contributed by atoms with E-state index in [2.05, 4.69) is 6.58 Å². The predicted molar refractivity (Wildman–Crippen MR) is 136 cm³/mol. The van der Waals surface area contributed by atoms with Crippen LogP contribution in [0.1, 0.15) is 31.9 Å². The molecule has 3 rings (SSSR count). The number of hydrogen-bond donors (Lipinski definition) is 0. The van der Waals surface area contributed by atoms with Crippen LogP contribution in [0.5, 0.6) is 11.5 Å². The summed E-state index contributed by atoms with van der Waals surface area (Å²) in [5.74, 6) is 0.192. The molecule has 0 bridgehead atoms. The third-order valence-electron chi connectivity index (χ3n) is 6.27. The number of nitrogens with zero attached hydrogens (tertiary/aromatic N) is 1. The summed E-state index contributed by atoms with van der Waals surface area (Å²) >= 11 is 0. The highest BCUT2D eigenvalue weighted by molar-refractivity contribution is 7.86. The number of morpholine rings is 1. The number of hydrogen-bond acceptors (Lipinski definition) is 8. The lowest BCUT2D eigenvalue weighted by molar-refractivity contribution is -0.907. The van der Waals surface area contributed by atoms with Crippen molar-refractivity contribution < 1.29 is 39.2 Å². The molecule has 1 aliphatic rings. The molecule has 0 saturated carbocycles. The molecule has 2 aromatic carbocycles. The maximum Gasteiger partial charge on any atom is 0.340 e. The molecule has 196 valence electrons. The van der Waals surface area contributed by atoms with E-state index in [1.165, 1.54) is 24.3 Å². The van der Waals surface area contributed by atoms with Crippen LogP contribution in [0.2, 0.25) is 0 Å². The van der Waals surface area contributed by atoms with Crippen molar-refractivity contribution in [2.75, 3.05) is 32.2 Å². The molecular weight excluding hydrogens is 506 g/mol. The first kappa shape index (κ1) is 27.9. The first-order valence-electron chi connectivity index (χ1n) is 11.2. The lowest BCUT2D eigenvalue weighted by atomic mass is 9.81. The molecule has 0 N–H and O–H groups in total. The molecule has 1 aliphatic heterocycles. The largest absolute Gasteiger partial charge is 0.383 e. The van der Waals surface area contributed by atoms with Crippen molar-refractivity contribution in [3.63, 3.8) is 0 Å². The summed E-state index contributed by atoms with van der Waals surface area (Å²) in [6, 6.07) is 12.9. The molecular formula is C25H32NO8S2+. The monoisotopic (exact) mass is 538 g/mol. The summed E-state index contributed by atoms with van der Waals surface area (Å²) in [6.45, 7) is 10.2. The second-order valence-electron chi connectivity index (χ2n) is 9.90. The van der Waals surface area contributed by atoms with Crippen LogP contribution in [0.4, 0.5) is 0 Å². The maximum atomic E-state index is 13.4. The molecule has 2 aromatic rings. The summed E-state index contributed by atoms with van der Waals surface area (Å²) in [4.78, 5) is 13.4. The van der Waals surface area contributed by atoms with Crippen molar-refractivity contribution in [2.24, 2.45) is 0 Å². The lowest BCUT2D eigenvalue weighted by Crippen LogP contribution is -2.72. The van der Waals surface area contributed by atoms with Crippen LogP contribution in [-0.4, -0.2) is 65.0 Å². The van der Waals surface area contributed by atoms with Gasteiger partial charge >= 0.3 is 26.1 Å². The Morgan fingerprint density at radius 3 is 1.67 bits per heavy atom. The number of rotatable bonds is 8. The third-order valence-corrected chi connectivity index (χ3v) is 7.26. The van der Waals surface area contributed by atoms with E-state index in [4.69, 9.17) is 13.1 Å². The first-order chi connectivity index (χ1) is 16.5. The van der Waals surface area contributed by atoms with E-state index in [0.717, 1.165) is 12.5 Å². The molecule has 0 radical (unpaired) electrons. The van der Waals surface area contributed by atoms with Crippen LogP contribution < -0.4 is 8.37 Å². The number of carbonyl (C=O) groups is 1. The molecule has 0 spiro atoms. The van der Waals surface area contributed by atoms with Crippen LogP contribution >= 0.6 is 0 Å². The van der Waals surface area contributed by atoms with Gasteiger partial charge in [-0.3, -0.25) is 0 Å². The third kappa shape index (κ3) is 5.80. The summed E-state index contributed by atoms with van der Waals surface area (Å²) in [7, 11) is -7.42. The number of benzene rings is 2. The Labute approximate surface area is 213 Å². The van der Waals surface area contributed by atoms with E-state index in [1.807, 2.05) is 20.8 Å². The SMILES string of the molecule is C=CC[N+]1(C(C)(C)C)CC(c2ccc(OS(C)(=O)=O)cc2)(c2ccc(OS(C)(=O)=O)cc2)OCC1=O. The average molecular weight is 539 g/mol. The fourth-order valence-corrected chi connectivity index (χ4v) is 5.44. The minimum absolute atomic E-state index is 0.0552. The van der Waals surface area contributed by atoms with Gasteiger partial charge in [0.2, 0.25) is 0 Å². The van der Waals surface area contributed by atoms with Crippen LogP contribution in [0.3, 0.4) is 0 Å². The minimum Gasteiger partial charge on any atom is -0.383 e. The van der Waals surface area contributed by atoms with E-state index >= 15 is 0 Å². The highest BCUT2D eigenvalue weighted by atomic mass is 32.2. The van der Waals surface area contributed by atoms with Crippen LogP contribution in [0, 0.1) is 0 Å². The summed E-state index contributed by atoms with van der Waals surface area (Å²) in [5.41, 5.74) is -0.289. The molecule has 9 nitrogen and oxygen atoms in total. The van der Waals surface area contributed by atoms with Gasteiger partial charge in [-0.15, -0.1) is 0 Å². The van der Waals surface area contributed by atoms with E-state index in [1.54, 1.807) is 30.3 Å². The van der Waals surface area contributed by atoms with Crippen molar-refractivity contribution in [1.29, 1.82) is 0 Å². The Kier molecular flexibility index (Phi) is 7.44.